The molecule has 1 aliphatic heterocycles. The van der Waals surface area contributed by atoms with E-state index in [1.54, 1.807) is 18.1 Å². The minimum atomic E-state index is 0. The number of aromatic nitrogens is 3. The molecule has 1 aromatic carbocycles. The molecule has 1 fully saturated rings. The topological polar surface area (TPSA) is 70.8 Å². The molecule has 2 heterocycles. The predicted molar refractivity (Wildman–Crippen MR) is 118 cm³/mol. The fraction of sp³-hybridized carbons (Fsp3) is 0.500. The highest BCUT2D eigenvalue weighted by Crippen LogP contribution is 2.28. The summed E-state index contributed by atoms with van der Waals surface area (Å²) in [6.07, 6.45) is 1.56. The summed E-state index contributed by atoms with van der Waals surface area (Å²) in [7, 11) is 3.61. The first kappa shape index (κ1) is 21.3. The predicted octanol–water partition coefficient (Wildman–Crippen LogP) is 1.73. The molecule has 0 amide bonds. The van der Waals surface area contributed by atoms with Gasteiger partial charge in [-0.3, -0.25) is 4.68 Å². The molecule has 1 saturated heterocycles. The van der Waals surface area contributed by atoms with Crippen molar-refractivity contribution in [2.75, 3.05) is 44.7 Å². The molecule has 0 atom stereocenters. The minimum Gasteiger partial charge on any atom is -0.495 e. The molecule has 8 nitrogen and oxygen atoms in total. The summed E-state index contributed by atoms with van der Waals surface area (Å²) in [4.78, 5) is 13.6. The average molecular weight is 485 g/mol. The van der Waals surface area contributed by atoms with Gasteiger partial charge in [-0.05, 0) is 19.1 Å². The van der Waals surface area contributed by atoms with Crippen LogP contribution in [0, 0.1) is 0 Å². The molecule has 9 heteroatoms. The van der Waals surface area contributed by atoms with Crippen molar-refractivity contribution in [3.05, 3.63) is 36.4 Å². The number of aliphatic imine (C=N–C) groups is 1. The Hall–Kier alpha value is -2.04. The first-order chi connectivity index (χ1) is 12.7. The van der Waals surface area contributed by atoms with E-state index >= 15 is 0 Å². The van der Waals surface area contributed by atoms with E-state index in [-0.39, 0.29) is 24.0 Å². The largest absolute Gasteiger partial charge is 0.495 e. The third kappa shape index (κ3) is 5.24. The Balaban J connectivity index is 0.00000261. The molecule has 0 bridgehead atoms. The number of halogens is 1. The summed E-state index contributed by atoms with van der Waals surface area (Å²) in [5.74, 6) is 2.70. The van der Waals surface area contributed by atoms with Gasteiger partial charge in [-0.1, -0.05) is 12.1 Å². The van der Waals surface area contributed by atoms with Gasteiger partial charge in [0.05, 0.1) is 12.8 Å². The molecule has 148 valence electrons. The zero-order valence-electron chi connectivity index (χ0n) is 16.1. The van der Waals surface area contributed by atoms with Gasteiger partial charge in [0.15, 0.2) is 5.96 Å². The highest BCUT2D eigenvalue weighted by molar-refractivity contribution is 14.0. The van der Waals surface area contributed by atoms with E-state index in [9.17, 15) is 0 Å². The van der Waals surface area contributed by atoms with Gasteiger partial charge >= 0.3 is 0 Å². The number of nitrogens with one attached hydrogen (secondary N) is 1. The minimum absolute atomic E-state index is 0. The number of hydrogen-bond acceptors (Lipinski definition) is 5. The Morgan fingerprint density at radius 2 is 1.96 bits per heavy atom. The number of anilines is 1. The lowest BCUT2D eigenvalue weighted by atomic mass is 10.2. The van der Waals surface area contributed by atoms with Crippen molar-refractivity contribution < 1.29 is 4.74 Å². The zero-order chi connectivity index (χ0) is 18.4. The van der Waals surface area contributed by atoms with E-state index in [4.69, 9.17) is 9.73 Å². The number of piperazine rings is 1. The third-order valence-electron chi connectivity index (χ3n) is 4.52. The maximum absolute atomic E-state index is 5.50. The number of aryl methyl sites for hydroxylation is 1. The SMILES string of the molecule is CCNC(=NCc1ncnn1C)N1CCN(c2ccccc2OC)CC1.I. The molecule has 0 radical (unpaired) electrons. The number of guanidine groups is 1. The van der Waals surface area contributed by atoms with Crippen molar-refractivity contribution in [3.8, 4) is 5.75 Å². The maximum atomic E-state index is 5.50. The van der Waals surface area contributed by atoms with Crippen molar-refractivity contribution in [1.29, 1.82) is 0 Å². The molecule has 1 aromatic heterocycles. The van der Waals surface area contributed by atoms with Gasteiger partial charge < -0.3 is 19.9 Å². The summed E-state index contributed by atoms with van der Waals surface area (Å²) >= 11 is 0. The number of benzene rings is 1. The van der Waals surface area contributed by atoms with Crippen LogP contribution in [0.5, 0.6) is 5.75 Å². The summed E-state index contributed by atoms with van der Waals surface area (Å²) in [5, 5.41) is 7.48. The lowest BCUT2D eigenvalue weighted by molar-refractivity contribution is 0.367. The quantitative estimate of drug-likeness (QED) is 0.395. The highest BCUT2D eigenvalue weighted by atomic mass is 127. The second kappa shape index (κ2) is 10.3. The Morgan fingerprint density at radius 1 is 1.22 bits per heavy atom. The van der Waals surface area contributed by atoms with Gasteiger partial charge in [0.1, 0.15) is 24.4 Å². The van der Waals surface area contributed by atoms with Crippen molar-refractivity contribution in [1.82, 2.24) is 25.0 Å². The van der Waals surface area contributed by atoms with Crippen LogP contribution >= 0.6 is 24.0 Å². The molecule has 0 aliphatic carbocycles. The normalized spacial score (nSPS) is 14.7. The Bertz CT molecular complexity index is 741. The summed E-state index contributed by atoms with van der Waals surface area (Å²) in [6, 6.07) is 8.17. The molecular formula is C18H28IN7O. The Morgan fingerprint density at radius 3 is 2.59 bits per heavy atom. The first-order valence-corrected chi connectivity index (χ1v) is 8.97. The number of nitrogens with zero attached hydrogens (tertiary/aromatic N) is 6. The fourth-order valence-electron chi connectivity index (χ4n) is 3.08. The van der Waals surface area contributed by atoms with Crippen molar-refractivity contribution >= 4 is 35.6 Å². The first-order valence-electron chi connectivity index (χ1n) is 8.97. The lowest BCUT2D eigenvalue weighted by Gasteiger charge is -2.38. The van der Waals surface area contributed by atoms with Crippen LogP contribution in [0.3, 0.4) is 0 Å². The molecular weight excluding hydrogens is 457 g/mol. The van der Waals surface area contributed by atoms with Crippen LogP contribution < -0.4 is 15.0 Å². The number of para-hydroxylation sites is 2. The van der Waals surface area contributed by atoms with E-state index < -0.39 is 0 Å². The highest BCUT2D eigenvalue weighted by Gasteiger charge is 2.21. The van der Waals surface area contributed by atoms with Gasteiger partial charge in [-0.2, -0.15) is 5.10 Å². The van der Waals surface area contributed by atoms with Crippen LogP contribution in [0.4, 0.5) is 5.69 Å². The van der Waals surface area contributed by atoms with Crippen LogP contribution in [0.15, 0.2) is 35.6 Å². The van der Waals surface area contributed by atoms with Gasteiger partial charge in [-0.25, -0.2) is 9.98 Å². The Kier molecular flexibility index (Phi) is 8.14. The molecule has 0 saturated carbocycles. The lowest BCUT2D eigenvalue weighted by Crippen LogP contribution is -2.52. The molecule has 1 aliphatic rings. The monoisotopic (exact) mass is 485 g/mol. The van der Waals surface area contributed by atoms with Gasteiger partial charge in [0.2, 0.25) is 0 Å². The van der Waals surface area contributed by atoms with Crippen LogP contribution in [-0.4, -0.2) is 65.5 Å². The van der Waals surface area contributed by atoms with E-state index in [0.717, 1.165) is 55.9 Å². The molecule has 27 heavy (non-hydrogen) atoms. The van der Waals surface area contributed by atoms with E-state index in [2.05, 4.69) is 44.3 Å². The molecule has 3 rings (SSSR count). The number of rotatable bonds is 5. The maximum Gasteiger partial charge on any atom is 0.194 e. The number of ether oxygens (including phenoxy) is 1. The van der Waals surface area contributed by atoms with Crippen LogP contribution in [0.1, 0.15) is 12.7 Å². The van der Waals surface area contributed by atoms with Crippen LogP contribution in [0.25, 0.3) is 0 Å². The molecule has 0 unspecified atom stereocenters. The summed E-state index contributed by atoms with van der Waals surface area (Å²) in [6.45, 7) is 7.10. The summed E-state index contributed by atoms with van der Waals surface area (Å²) < 4.78 is 7.25. The fourth-order valence-corrected chi connectivity index (χ4v) is 3.08. The molecule has 1 N–H and O–H groups in total. The molecule has 0 spiro atoms. The van der Waals surface area contributed by atoms with Gasteiger partial charge in [0, 0.05) is 39.8 Å². The average Bonchev–Trinajstić information content (AvgIpc) is 3.10. The number of hydrogen-bond donors (Lipinski definition) is 1. The van der Waals surface area contributed by atoms with Gasteiger partial charge in [0.25, 0.3) is 0 Å². The number of methoxy groups -OCH3 is 1. The zero-order valence-corrected chi connectivity index (χ0v) is 18.5. The van der Waals surface area contributed by atoms with E-state index in [1.807, 2.05) is 19.2 Å². The van der Waals surface area contributed by atoms with Crippen LogP contribution in [-0.2, 0) is 13.6 Å². The third-order valence-corrected chi connectivity index (χ3v) is 4.52. The van der Waals surface area contributed by atoms with Gasteiger partial charge in [-0.15, -0.1) is 24.0 Å². The van der Waals surface area contributed by atoms with Crippen molar-refractivity contribution in [2.24, 2.45) is 12.0 Å². The second-order valence-corrected chi connectivity index (χ2v) is 6.12. The second-order valence-electron chi connectivity index (χ2n) is 6.12. The van der Waals surface area contributed by atoms with E-state index in [0.29, 0.717) is 6.54 Å². The van der Waals surface area contributed by atoms with E-state index in [1.165, 1.54) is 0 Å². The van der Waals surface area contributed by atoms with Crippen LogP contribution in [0.2, 0.25) is 0 Å². The van der Waals surface area contributed by atoms with Crippen molar-refractivity contribution in [2.45, 2.75) is 13.5 Å². The summed E-state index contributed by atoms with van der Waals surface area (Å²) in [5.41, 5.74) is 1.15. The molecule has 2 aromatic rings. The Labute approximate surface area is 177 Å². The smallest absolute Gasteiger partial charge is 0.194 e. The standard InChI is InChI=1S/C18H27N7O.HI/c1-4-19-18(20-13-17-21-14-22-23(17)2)25-11-9-24(10-12-25)15-7-5-6-8-16(15)26-3;/h5-8,14H,4,9-13H2,1-3H3,(H,19,20);1H. The van der Waals surface area contributed by atoms with Crippen molar-refractivity contribution in [3.63, 3.8) is 0 Å².